The minimum Gasteiger partial charge on any atom is -0.456 e. The number of nitriles is 1. The highest BCUT2D eigenvalue weighted by atomic mass is 19.1. The van der Waals surface area contributed by atoms with E-state index in [9.17, 15) is 4.39 Å². The number of nitrogens with zero attached hydrogens (tertiary/aromatic N) is 2. The van der Waals surface area contributed by atoms with Crippen molar-refractivity contribution in [2.45, 2.75) is 0 Å². The van der Waals surface area contributed by atoms with Crippen LogP contribution in [0.4, 0.5) is 10.1 Å². The average molecular weight is 279 g/mol. The van der Waals surface area contributed by atoms with E-state index in [0.29, 0.717) is 22.7 Å². The van der Waals surface area contributed by atoms with Gasteiger partial charge in [-0.05, 0) is 30.3 Å². The zero-order valence-corrected chi connectivity index (χ0v) is 10.9. The summed E-state index contributed by atoms with van der Waals surface area (Å²) in [6.45, 7) is 0. The van der Waals surface area contributed by atoms with Crippen molar-refractivity contribution in [3.63, 3.8) is 0 Å². The second-order valence-corrected chi connectivity index (χ2v) is 4.41. The molecule has 2 aromatic carbocycles. The molecule has 3 rings (SSSR count). The Morgan fingerprint density at radius 3 is 2.81 bits per heavy atom. The summed E-state index contributed by atoms with van der Waals surface area (Å²) in [4.78, 5) is 4.21. The van der Waals surface area contributed by atoms with Gasteiger partial charge in [0.05, 0.1) is 16.8 Å². The topological polar surface area (TPSA) is 71.9 Å². The van der Waals surface area contributed by atoms with Gasteiger partial charge in [-0.25, -0.2) is 4.39 Å². The molecule has 5 heteroatoms. The standard InChI is InChI=1S/C16H10FN3O/c17-13-8-11(5-4-10(13)9-18)21-15-6-7-20-16-12(15)2-1-3-14(16)19/h1-8H,19H2. The molecular formula is C16H10FN3O. The van der Waals surface area contributed by atoms with Crippen LogP contribution in [0.2, 0.25) is 0 Å². The quantitative estimate of drug-likeness (QED) is 0.727. The zero-order valence-electron chi connectivity index (χ0n) is 10.9. The van der Waals surface area contributed by atoms with Crippen molar-refractivity contribution >= 4 is 16.6 Å². The Hall–Kier alpha value is -3.13. The Balaban J connectivity index is 2.05. The number of hydrogen-bond donors (Lipinski definition) is 1. The van der Waals surface area contributed by atoms with E-state index in [1.165, 1.54) is 12.1 Å². The number of nitrogens with two attached hydrogens (primary N) is 1. The van der Waals surface area contributed by atoms with Crippen molar-refractivity contribution in [1.29, 1.82) is 5.26 Å². The van der Waals surface area contributed by atoms with E-state index in [2.05, 4.69) is 4.98 Å². The third-order valence-electron chi connectivity index (χ3n) is 3.05. The Morgan fingerprint density at radius 2 is 2.05 bits per heavy atom. The molecule has 0 aliphatic rings. The predicted octanol–water partition coefficient (Wildman–Crippen LogP) is 3.62. The van der Waals surface area contributed by atoms with Crippen LogP contribution in [0.1, 0.15) is 5.56 Å². The summed E-state index contributed by atoms with van der Waals surface area (Å²) in [6.07, 6.45) is 1.58. The lowest BCUT2D eigenvalue weighted by molar-refractivity contribution is 0.481. The van der Waals surface area contributed by atoms with Crippen LogP contribution in [-0.4, -0.2) is 4.98 Å². The summed E-state index contributed by atoms with van der Waals surface area (Å²) < 4.78 is 19.3. The van der Waals surface area contributed by atoms with Crippen molar-refractivity contribution in [1.82, 2.24) is 4.98 Å². The number of halogens is 1. The second kappa shape index (κ2) is 5.10. The van der Waals surface area contributed by atoms with Gasteiger partial charge in [0.25, 0.3) is 0 Å². The molecule has 102 valence electrons. The Kier molecular flexibility index (Phi) is 3.13. The number of ether oxygens (including phenoxy) is 1. The van der Waals surface area contributed by atoms with Gasteiger partial charge in [0.15, 0.2) is 0 Å². The highest BCUT2D eigenvalue weighted by molar-refractivity contribution is 5.93. The Labute approximate surface area is 120 Å². The molecule has 0 aliphatic carbocycles. The van der Waals surface area contributed by atoms with Crippen LogP contribution in [0, 0.1) is 17.1 Å². The lowest BCUT2D eigenvalue weighted by Gasteiger charge is -2.09. The van der Waals surface area contributed by atoms with Crippen molar-refractivity contribution in [2.75, 3.05) is 5.73 Å². The zero-order chi connectivity index (χ0) is 14.8. The van der Waals surface area contributed by atoms with Gasteiger partial charge < -0.3 is 10.5 Å². The summed E-state index contributed by atoms with van der Waals surface area (Å²) in [5.41, 5.74) is 7.02. The molecular weight excluding hydrogens is 269 g/mol. The van der Waals surface area contributed by atoms with Crippen LogP contribution in [0.3, 0.4) is 0 Å². The fraction of sp³-hybridized carbons (Fsp3) is 0. The highest BCUT2D eigenvalue weighted by Crippen LogP contribution is 2.31. The number of rotatable bonds is 2. The summed E-state index contributed by atoms with van der Waals surface area (Å²) in [7, 11) is 0. The van der Waals surface area contributed by atoms with Gasteiger partial charge in [-0.1, -0.05) is 6.07 Å². The molecule has 0 bridgehead atoms. The van der Waals surface area contributed by atoms with Gasteiger partial charge in [0.1, 0.15) is 23.4 Å². The number of fused-ring (bicyclic) bond motifs is 1. The maximum Gasteiger partial charge on any atom is 0.144 e. The lowest BCUT2D eigenvalue weighted by atomic mass is 10.2. The normalized spacial score (nSPS) is 10.3. The Morgan fingerprint density at radius 1 is 1.19 bits per heavy atom. The minimum absolute atomic E-state index is 0.0221. The van der Waals surface area contributed by atoms with Crippen LogP contribution in [0.25, 0.3) is 10.9 Å². The van der Waals surface area contributed by atoms with E-state index in [-0.39, 0.29) is 5.56 Å². The van der Waals surface area contributed by atoms with E-state index < -0.39 is 5.82 Å². The van der Waals surface area contributed by atoms with Crippen LogP contribution < -0.4 is 10.5 Å². The molecule has 2 N–H and O–H groups in total. The molecule has 0 saturated carbocycles. The third kappa shape index (κ3) is 2.35. The summed E-state index contributed by atoms with van der Waals surface area (Å²) in [5, 5.41) is 9.46. The van der Waals surface area contributed by atoms with E-state index >= 15 is 0 Å². The van der Waals surface area contributed by atoms with Gasteiger partial charge >= 0.3 is 0 Å². The van der Waals surface area contributed by atoms with Gasteiger partial charge in [-0.15, -0.1) is 0 Å². The molecule has 0 spiro atoms. The number of aromatic nitrogens is 1. The Bertz CT molecular complexity index is 871. The molecule has 21 heavy (non-hydrogen) atoms. The van der Waals surface area contributed by atoms with Gasteiger partial charge in [0, 0.05) is 17.6 Å². The molecule has 1 heterocycles. The van der Waals surface area contributed by atoms with Crippen molar-refractivity contribution < 1.29 is 9.13 Å². The average Bonchev–Trinajstić information content (AvgIpc) is 2.49. The number of pyridine rings is 1. The third-order valence-corrected chi connectivity index (χ3v) is 3.05. The lowest BCUT2D eigenvalue weighted by Crippen LogP contribution is -1.93. The van der Waals surface area contributed by atoms with E-state index in [1.807, 2.05) is 6.07 Å². The molecule has 3 aromatic rings. The summed E-state index contributed by atoms with van der Waals surface area (Å²) in [6, 6.07) is 12.9. The molecule has 0 saturated heterocycles. The molecule has 0 radical (unpaired) electrons. The smallest absolute Gasteiger partial charge is 0.144 e. The highest BCUT2D eigenvalue weighted by Gasteiger charge is 2.08. The number of anilines is 1. The van der Waals surface area contributed by atoms with Crippen molar-refractivity contribution in [3.8, 4) is 17.6 Å². The fourth-order valence-corrected chi connectivity index (χ4v) is 2.04. The molecule has 0 unspecified atom stereocenters. The monoisotopic (exact) mass is 279 g/mol. The predicted molar refractivity (Wildman–Crippen MR) is 77.3 cm³/mol. The first kappa shape index (κ1) is 12.9. The molecule has 1 aromatic heterocycles. The first-order chi connectivity index (χ1) is 10.2. The molecule has 0 atom stereocenters. The van der Waals surface area contributed by atoms with Crippen LogP contribution in [0.5, 0.6) is 11.5 Å². The van der Waals surface area contributed by atoms with Crippen molar-refractivity contribution in [2.24, 2.45) is 0 Å². The van der Waals surface area contributed by atoms with E-state index in [4.69, 9.17) is 15.7 Å². The molecule has 0 fully saturated rings. The number of nitrogen functional groups attached to an aromatic ring is 1. The molecule has 0 aliphatic heterocycles. The van der Waals surface area contributed by atoms with Gasteiger partial charge in [0.2, 0.25) is 0 Å². The summed E-state index contributed by atoms with van der Waals surface area (Å²) >= 11 is 0. The number of hydrogen-bond acceptors (Lipinski definition) is 4. The van der Waals surface area contributed by atoms with E-state index in [1.54, 1.807) is 36.5 Å². The fourth-order valence-electron chi connectivity index (χ4n) is 2.04. The van der Waals surface area contributed by atoms with Crippen LogP contribution in [-0.2, 0) is 0 Å². The number of benzene rings is 2. The van der Waals surface area contributed by atoms with Crippen molar-refractivity contribution in [3.05, 3.63) is 60.0 Å². The second-order valence-electron chi connectivity index (χ2n) is 4.41. The molecule has 4 nitrogen and oxygen atoms in total. The first-order valence-electron chi connectivity index (χ1n) is 6.20. The molecule has 0 amide bonds. The largest absolute Gasteiger partial charge is 0.456 e. The van der Waals surface area contributed by atoms with Gasteiger partial charge in [-0.2, -0.15) is 5.26 Å². The number of para-hydroxylation sites is 1. The first-order valence-corrected chi connectivity index (χ1v) is 6.20. The minimum atomic E-state index is -0.618. The summed E-state index contributed by atoms with van der Waals surface area (Å²) in [5.74, 6) is 0.214. The van der Waals surface area contributed by atoms with Crippen LogP contribution in [0.15, 0.2) is 48.7 Å². The SMILES string of the molecule is N#Cc1ccc(Oc2ccnc3c(N)cccc23)cc1F. The van der Waals surface area contributed by atoms with E-state index in [0.717, 1.165) is 5.39 Å². The van der Waals surface area contributed by atoms with Gasteiger partial charge in [-0.3, -0.25) is 4.98 Å². The van der Waals surface area contributed by atoms with Crippen LogP contribution >= 0.6 is 0 Å². The maximum absolute atomic E-state index is 13.6. The maximum atomic E-state index is 13.6.